The number of nitrogens with two attached hydrogens (primary N) is 1. The number of phenols is 1. The lowest BCUT2D eigenvalue weighted by atomic mass is 10.0. The Morgan fingerprint density at radius 3 is 2.44 bits per heavy atom. The zero-order valence-electron chi connectivity index (χ0n) is 17.6. The van der Waals surface area contributed by atoms with Gasteiger partial charge in [-0.1, -0.05) is 36.4 Å². The number of nitrogens with one attached hydrogen (secondary N) is 2. The molecule has 6 N–H and O–H groups in total. The Balaban J connectivity index is 1.74. The number of rotatable bonds is 6. The maximum atomic E-state index is 12.9. The van der Waals surface area contributed by atoms with Crippen molar-refractivity contribution < 1.29 is 19.8 Å². The number of aliphatic hydroxyl groups is 1. The lowest BCUT2D eigenvalue weighted by Crippen LogP contribution is -2.12. The van der Waals surface area contributed by atoms with Crippen LogP contribution in [0.4, 0.5) is 17.2 Å². The number of aromatic nitrogens is 1. The summed E-state index contributed by atoms with van der Waals surface area (Å²) in [6.07, 6.45) is 0. The number of carbonyl (C=O) groups is 2. The molecule has 0 radical (unpaired) electrons. The summed E-state index contributed by atoms with van der Waals surface area (Å²) in [7, 11) is 0. The molecular formula is C24H18N6O4. The summed E-state index contributed by atoms with van der Waals surface area (Å²) in [5.74, 6) is -1.69. The van der Waals surface area contributed by atoms with Crippen molar-refractivity contribution in [3.05, 3.63) is 83.0 Å². The third-order valence-corrected chi connectivity index (χ3v) is 5.07. The Morgan fingerprint density at radius 1 is 1.06 bits per heavy atom. The fraction of sp³-hybridized carbons (Fsp3) is 0.0417. The van der Waals surface area contributed by atoms with Gasteiger partial charge in [0.15, 0.2) is 11.6 Å². The molecule has 0 aliphatic rings. The first-order valence-electron chi connectivity index (χ1n) is 10.0. The summed E-state index contributed by atoms with van der Waals surface area (Å²) in [6, 6.07) is 18.2. The highest BCUT2D eigenvalue weighted by molar-refractivity contribution is 6.11. The van der Waals surface area contributed by atoms with Crippen LogP contribution >= 0.6 is 0 Å². The molecule has 10 heteroatoms. The second-order valence-corrected chi connectivity index (χ2v) is 7.27. The van der Waals surface area contributed by atoms with Crippen LogP contribution in [0.3, 0.4) is 0 Å². The van der Waals surface area contributed by atoms with Crippen LogP contribution in [0, 0.1) is 11.3 Å². The summed E-state index contributed by atoms with van der Waals surface area (Å²) < 4.78 is 0. The predicted molar refractivity (Wildman–Crippen MR) is 124 cm³/mol. The van der Waals surface area contributed by atoms with Crippen molar-refractivity contribution >= 4 is 39.8 Å². The normalized spacial score (nSPS) is 10.9. The first kappa shape index (κ1) is 22.2. The van der Waals surface area contributed by atoms with Crippen molar-refractivity contribution in [2.75, 3.05) is 5.32 Å². The number of carbonyl (C=O) groups excluding carboxylic acids is 2. The van der Waals surface area contributed by atoms with Crippen LogP contribution in [-0.2, 0) is 6.61 Å². The number of fused-ring (bicyclic) bond motifs is 1. The Hall–Kier alpha value is -5.01. The minimum atomic E-state index is -0.798. The number of H-pyrrole nitrogens is 1. The lowest BCUT2D eigenvalue weighted by molar-refractivity contribution is 0.0997. The number of nitriles is 1. The molecule has 4 aromatic rings. The summed E-state index contributed by atoms with van der Waals surface area (Å²) >= 11 is 0. The molecule has 0 aliphatic heterocycles. The topological polar surface area (TPSA) is 177 Å². The van der Waals surface area contributed by atoms with E-state index in [0.717, 1.165) is 0 Å². The minimum absolute atomic E-state index is 0.0269. The van der Waals surface area contributed by atoms with Crippen LogP contribution in [0.1, 0.15) is 32.0 Å². The van der Waals surface area contributed by atoms with Gasteiger partial charge in [-0.25, -0.2) is 0 Å². The number of aromatic amines is 1. The molecule has 0 saturated carbocycles. The summed E-state index contributed by atoms with van der Waals surface area (Å²) in [5, 5.41) is 41.2. The molecule has 0 atom stereocenters. The zero-order chi connectivity index (χ0) is 24.2. The monoisotopic (exact) mass is 454 g/mol. The molecule has 4 rings (SSSR count). The third kappa shape index (κ3) is 4.32. The highest BCUT2D eigenvalue weighted by atomic mass is 16.3. The molecule has 0 aliphatic carbocycles. The quantitative estimate of drug-likeness (QED) is 0.276. The van der Waals surface area contributed by atoms with Gasteiger partial charge in [-0.05, 0) is 35.2 Å². The van der Waals surface area contributed by atoms with E-state index in [2.05, 4.69) is 20.5 Å². The van der Waals surface area contributed by atoms with E-state index < -0.39 is 17.6 Å². The van der Waals surface area contributed by atoms with E-state index in [4.69, 9.17) is 16.1 Å². The maximum absolute atomic E-state index is 12.9. The Bertz CT molecular complexity index is 1480. The molecule has 168 valence electrons. The van der Waals surface area contributed by atoms with Gasteiger partial charge < -0.3 is 26.2 Å². The number of nitrogens with zero attached hydrogens (tertiary/aromatic N) is 3. The SMILES string of the molecule is N#Cc1[nH]c(N=Nc2c(O)c(C(=O)Nc3ccc(CO)cc3)cc3ccccc23)cc1C(N)=O. The molecule has 0 spiro atoms. The summed E-state index contributed by atoms with van der Waals surface area (Å²) in [5.41, 5.74) is 6.35. The van der Waals surface area contributed by atoms with Crippen LogP contribution in [0.15, 0.2) is 70.9 Å². The van der Waals surface area contributed by atoms with E-state index in [1.807, 2.05) is 6.07 Å². The Kier molecular flexibility index (Phi) is 6.03. The molecule has 0 unspecified atom stereocenters. The van der Waals surface area contributed by atoms with Crippen LogP contribution in [0.5, 0.6) is 5.75 Å². The smallest absolute Gasteiger partial charge is 0.259 e. The van der Waals surface area contributed by atoms with Gasteiger partial charge in [0, 0.05) is 11.1 Å². The fourth-order valence-electron chi connectivity index (χ4n) is 3.36. The average molecular weight is 454 g/mol. The number of phenolic OH excluding ortho intramolecular Hbond substituents is 1. The third-order valence-electron chi connectivity index (χ3n) is 5.07. The van der Waals surface area contributed by atoms with Crippen LogP contribution < -0.4 is 11.1 Å². The zero-order valence-corrected chi connectivity index (χ0v) is 17.6. The van der Waals surface area contributed by atoms with E-state index >= 15 is 0 Å². The number of aliphatic hydroxyl groups excluding tert-OH is 1. The summed E-state index contributed by atoms with van der Waals surface area (Å²) in [6.45, 7) is -0.119. The van der Waals surface area contributed by atoms with E-state index in [-0.39, 0.29) is 34.9 Å². The van der Waals surface area contributed by atoms with Crippen LogP contribution in [0.25, 0.3) is 10.8 Å². The van der Waals surface area contributed by atoms with E-state index in [0.29, 0.717) is 22.0 Å². The molecule has 34 heavy (non-hydrogen) atoms. The van der Waals surface area contributed by atoms with E-state index in [1.165, 1.54) is 12.1 Å². The van der Waals surface area contributed by atoms with E-state index in [9.17, 15) is 14.7 Å². The number of primary amides is 1. The van der Waals surface area contributed by atoms with Gasteiger partial charge in [-0.2, -0.15) is 5.26 Å². The van der Waals surface area contributed by atoms with Crippen molar-refractivity contribution in [2.45, 2.75) is 6.61 Å². The second kappa shape index (κ2) is 9.23. The van der Waals surface area contributed by atoms with Crippen molar-refractivity contribution in [3.8, 4) is 11.8 Å². The molecule has 1 aromatic heterocycles. The average Bonchev–Trinajstić information content (AvgIpc) is 3.27. The molecule has 0 bridgehead atoms. The van der Waals surface area contributed by atoms with Crippen molar-refractivity contribution in [1.82, 2.24) is 4.98 Å². The molecule has 3 aromatic carbocycles. The predicted octanol–water partition coefficient (Wildman–Crippen LogP) is 4.00. The largest absolute Gasteiger partial charge is 0.505 e. The minimum Gasteiger partial charge on any atom is -0.505 e. The number of amides is 2. The molecule has 0 saturated heterocycles. The Labute approximate surface area is 193 Å². The second-order valence-electron chi connectivity index (χ2n) is 7.27. The van der Waals surface area contributed by atoms with Gasteiger partial charge in [0.1, 0.15) is 17.5 Å². The molecule has 0 fully saturated rings. The first-order chi connectivity index (χ1) is 16.4. The first-order valence-corrected chi connectivity index (χ1v) is 10.0. The number of hydrogen-bond donors (Lipinski definition) is 5. The molecular weight excluding hydrogens is 436 g/mol. The van der Waals surface area contributed by atoms with Crippen LogP contribution in [-0.4, -0.2) is 27.0 Å². The van der Waals surface area contributed by atoms with Gasteiger partial charge in [-0.15, -0.1) is 10.2 Å². The number of azo groups is 1. The van der Waals surface area contributed by atoms with Crippen molar-refractivity contribution in [2.24, 2.45) is 16.0 Å². The van der Waals surface area contributed by atoms with Gasteiger partial charge >= 0.3 is 0 Å². The summed E-state index contributed by atoms with van der Waals surface area (Å²) in [4.78, 5) is 27.0. The van der Waals surface area contributed by atoms with Crippen LogP contribution in [0.2, 0.25) is 0 Å². The van der Waals surface area contributed by atoms with Gasteiger partial charge in [0.05, 0.1) is 17.7 Å². The molecule has 2 amide bonds. The highest BCUT2D eigenvalue weighted by Crippen LogP contribution is 2.39. The van der Waals surface area contributed by atoms with Gasteiger partial charge in [-0.3, -0.25) is 9.59 Å². The maximum Gasteiger partial charge on any atom is 0.259 e. The number of hydrogen-bond acceptors (Lipinski definition) is 7. The number of anilines is 1. The molecule has 1 heterocycles. The number of aromatic hydroxyl groups is 1. The fourth-order valence-corrected chi connectivity index (χ4v) is 3.36. The molecule has 10 nitrogen and oxygen atoms in total. The lowest BCUT2D eigenvalue weighted by Gasteiger charge is -2.11. The van der Waals surface area contributed by atoms with Gasteiger partial charge in [0.2, 0.25) is 0 Å². The van der Waals surface area contributed by atoms with Crippen molar-refractivity contribution in [1.29, 1.82) is 5.26 Å². The number of benzene rings is 3. The van der Waals surface area contributed by atoms with Gasteiger partial charge in [0.25, 0.3) is 11.8 Å². The Morgan fingerprint density at radius 2 is 1.79 bits per heavy atom. The highest BCUT2D eigenvalue weighted by Gasteiger charge is 2.19. The van der Waals surface area contributed by atoms with Crippen molar-refractivity contribution in [3.63, 3.8) is 0 Å². The standard InChI is InChI=1S/C24H18N6O4/c25-11-19-17(23(26)33)10-20(28-19)29-30-21-16-4-2-1-3-14(16)9-18(22(21)32)24(34)27-15-7-5-13(12-31)6-8-15/h1-10,28,31-32H,12H2,(H2,26,33)(H,27,34). The van der Waals surface area contributed by atoms with E-state index in [1.54, 1.807) is 48.5 Å².